The number of hydrogen-bond acceptors (Lipinski definition) is 5. The molecule has 1 atom stereocenters. The van der Waals surface area contributed by atoms with Gasteiger partial charge >= 0.3 is 0 Å². The first-order valence-corrected chi connectivity index (χ1v) is 9.86. The first-order valence-electron chi connectivity index (χ1n) is 8.03. The van der Waals surface area contributed by atoms with Gasteiger partial charge in [-0.25, -0.2) is 17.2 Å². The average molecular weight is 384 g/mol. The minimum Gasteiger partial charge on any atom is -0.468 e. The summed E-state index contributed by atoms with van der Waals surface area (Å²) in [6, 6.07) is 5.85. The van der Waals surface area contributed by atoms with Crippen molar-refractivity contribution in [3.63, 3.8) is 0 Å². The van der Waals surface area contributed by atoms with Crippen LogP contribution in [-0.4, -0.2) is 43.3 Å². The number of carbonyl (C=O) groups is 1. The average Bonchev–Trinajstić information content (AvgIpc) is 3.14. The highest BCUT2D eigenvalue weighted by Crippen LogP contribution is 2.20. The number of furan rings is 1. The highest BCUT2D eigenvalue weighted by Gasteiger charge is 2.33. The number of hydrogen-bond donors (Lipinski definition) is 1. The van der Waals surface area contributed by atoms with Gasteiger partial charge in [-0.15, -0.1) is 0 Å². The van der Waals surface area contributed by atoms with Gasteiger partial charge in [-0.2, -0.15) is 0 Å². The fourth-order valence-electron chi connectivity index (χ4n) is 2.99. The zero-order valence-corrected chi connectivity index (χ0v) is 14.6. The van der Waals surface area contributed by atoms with Crippen LogP contribution in [-0.2, 0) is 21.2 Å². The summed E-state index contributed by atoms with van der Waals surface area (Å²) in [5.41, 5.74) is 0.00416. The first-order chi connectivity index (χ1) is 12.3. The van der Waals surface area contributed by atoms with Crippen LogP contribution in [0.5, 0.6) is 0 Å². The molecule has 1 unspecified atom stereocenters. The lowest BCUT2D eigenvalue weighted by Crippen LogP contribution is -2.41. The Morgan fingerprint density at radius 1 is 1.27 bits per heavy atom. The molecule has 140 valence electrons. The zero-order chi connectivity index (χ0) is 18.7. The third-order valence-electron chi connectivity index (χ3n) is 4.16. The number of halogens is 2. The molecule has 2 aromatic rings. The summed E-state index contributed by atoms with van der Waals surface area (Å²) in [5.74, 6) is -1.45. The third-order valence-corrected chi connectivity index (χ3v) is 5.91. The molecule has 2 heterocycles. The summed E-state index contributed by atoms with van der Waals surface area (Å²) >= 11 is 0. The van der Waals surface area contributed by atoms with Gasteiger partial charge in [0.05, 0.1) is 30.9 Å². The molecular formula is C17H18F2N2O4S. The van der Waals surface area contributed by atoms with E-state index in [0.29, 0.717) is 18.2 Å². The molecule has 1 N–H and O–H groups in total. The number of benzene rings is 1. The number of rotatable bonds is 6. The largest absolute Gasteiger partial charge is 0.468 e. The van der Waals surface area contributed by atoms with Crippen molar-refractivity contribution < 1.29 is 26.4 Å². The van der Waals surface area contributed by atoms with Crippen molar-refractivity contribution in [1.82, 2.24) is 4.90 Å². The van der Waals surface area contributed by atoms with E-state index in [1.165, 1.54) is 6.26 Å². The van der Waals surface area contributed by atoms with Gasteiger partial charge in [-0.3, -0.25) is 9.69 Å². The molecule has 1 saturated heterocycles. The maximum atomic E-state index is 13.2. The first kappa shape index (κ1) is 18.5. The van der Waals surface area contributed by atoms with E-state index in [4.69, 9.17) is 4.42 Å². The predicted molar refractivity (Wildman–Crippen MR) is 91.2 cm³/mol. The fourth-order valence-corrected chi connectivity index (χ4v) is 4.75. The van der Waals surface area contributed by atoms with Crippen molar-refractivity contribution in [2.24, 2.45) is 0 Å². The number of carbonyl (C=O) groups excluding carboxylic acids is 1. The molecule has 1 aromatic carbocycles. The van der Waals surface area contributed by atoms with E-state index in [-0.39, 0.29) is 36.3 Å². The van der Waals surface area contributed by atoms with Crippen LogP contribution in [0.3, 0.4) is 0 Å². The van der Waals surface area contributed by atoms with Gasteiger partial charge in [0.1, 0.15) is 17.4 Å². The molecular weight excluding hydrogens is 366 g/mol. The summed E-state index contributed by atoms with van der Waals surface area (Å²) in [6.07, 6.45) is 1.92. The topological polar surface area (TPSA) is 79.6 Å². The number of sulfone groups is 1. The summed E-state index contributed by atoms with van der Waals surface area (Å²) in [5, 5.41) is 2.44. The Morgan fingerprint density at radius 3 is 2.58 bits per heavy atom. The molecule has 26 heavy (non-hydrogen) atoms. The molecule has 1 aliphatic rings. The zero-order valence-electron chi connectivity index (χ0n) is 13.8. The van der Waals surface area contributed by atoms with E-state index in [1.807, 2.05) is 0 Å². The second-order valence-electron chi connectivity index (χ2n) is 6.25. The van der Waals surface area contributed by atoms with Crippen molar-refractivity contribution in [2.75, 3.05) is 23.4 Å². The molecule has 0 bridgehead atoms. The molecule has 6 nitrogen and oxygen atoms in total. The monoisotopic (exact) mass is 384 g/mol. The molecule has 0 spiro atoms. The summed E-state index contributed by atoms with van der Waals surface area (Å²) in [7, 11) is -3.13. The Morgan fingerprint density at radius 2 is 2.00 bits per heavy atom. The Labute approximate surface area is 149 Å². The molecule has 1 aromatic heterocycles. The van der Waals surface area contributed by atoms with Crippen molar-refractivity contribution >= 4 is 21.4 Å². The summed E-state index contributed by atoms with van der Waals surface area (Å²) in [4.78, 5) is 14.0. The van der Waals surface area contributed by atoms with Gasteiger partial charge in [0, 0.05) is 17.8 Å². The highest BCUT2D eigenvalue weighted by atomic mass is 32.2. The lowest BCUT2D eigenvalue weighted by atomic mass is 10.2. The molecule has 0 aliphatic carbocycles. The highest BCUT2D eigenvalue weighted by molar-refractivity contribution is 7.91. The van der Waals surface area contributed by atoms with E-state index >= 15 is 0 Å². The fraction of sp³-hybridized carbons (Fsp3) is 0.353. The van der Waals surface area contributed by atoms with E-state index in [9.17, 15) is 22.0 Å². The van der Waals surface area contributed by atoms with E-state index in [2.05, 4.69) is 5.32 Å². The van der Waals surface area contributed by atoms with Gasteiger partial charge in [-0.1, -0.05) is 0 Å². The molecule has 9 heteroatoms. The van der Waals surface area contributed by atoms with Crippen LogP contribution in [0.4, 0.5) is 14.5 Å². The van der Waals surface area contributed by atoms with Crippen LogP contribution >= 0.6 is 0 Å². The Bertz CT molecular complexity index is 864. The lowest BCUT2D eigenvalue weighted by Gasteiger charge is -2.26. The number of nitrogens with one attached hydrogen (secondary N) is 1. The maximum Gasteiger partial charge on any atom is 0.238 e. The van der Waals surface area contributed by atoms with Crippen LogP contribution in [0, 0.1) is 11.6 Å². The summed E-state index contributed by atoms with van der Waals surface area (Å²) < 4.78 is 55.3. The van der Waals surface area contributed by atoms with Gasteiger partial charge < -0.3 is 9.73 Å². The predicted octanol–water partition coefficient (Wildman–Crippen LogP) is 2.19. The van der Waals surface area contributed by atoms with Gasteiger partial charge in [0.25, 0.3) is 0 Å². The third kappa shape index (κ3) is 4.89. The van der Waals surface area contributed by atoms with Gasteiger partial charge in [-0.05, 0) is 30.7 Å². The number of amides is 1. The van der Waals surface area contributed by atoms with Crippen molar-refractivity contribution in [2.45, 2.75) is 19.0 Å². The van der Waals surface area contributed by atoms with Crippen LogP contribution in [0.1, 0.15) is 12.2 Å². The van der Waals surface area contributed by atoms with Crippen LogP contribution in [0.2, 0.25) is 0 Å². The van der Waals surface area contributed by atoms with Crippen molar-refractivity contribution in [3.05, 3.63) is 54.0 Å². The minimum absolute atomic E-state index is 0.00416. The maximum absolute atomic E-state index is 13.2. The number of anilines is 1. The minimum atomic E-state index is -3.13. The normalized spacial score (nSPS) is 19.0. The molecule has 1 fully saturated rings. The standard InChI is InChI=1S/C17H18F2N2O4S/c18-12-6-13(19)8-14(7-12)20-17(22)10-21(9-16-2-1-4-25-16)15-3-5-26(23,24)11-15/h1-2,4,6-8,15H,3,5,9-11H2,(H,20,22). The van der Waals surface area contributed by atoms with Gasteiger partial charge in [0.2, 0.25) is 5.91 Å². The number of nitrogens with zero attached hydrogens (tertiary/aromatic N) is 1. The molecule has 0 radical (unpaired) electrons. The Kier molecular flexibility index (Phi) is 5.38. The molecule has 3 rings (SSSR count). The van der Waals surface area contributed by atoms with Crippen LogP contribution < -0.4 is 5.32 Å². The summed E-state index contributed by atoms with van der Waals surface area (Å²) in [6.45, 7) is 0.136. The van der Waals surface area contributed by atoms with Crippen molar-refractivity contribution in [1.29, 1.82) is 0 Å². The molecule has 0 saturated carbocycles. The Hall–Kier alpha value is -2.26. The van der Waals surface area contributed by atoms with E-state index in [1.54, 1.807) is 17.0 Å². The Balaban J connectivity index is 1.71. The molecule has 1 amide bonds. The second kappa shape index (κ2) is 7.55. The second-order valence-corrected chi connectivity index (χ2v) is 8.48. The SMILES string of the molecule is O=C(CN(Cc1ccco1)C1CCS(=O)(=O)C1)Nc1cc(F)cc(F)c1. The van der Waals surface area contributed by atoms with Gasteiger partial charge in [0.15, 0.2) is 9.84 Å². The smallest absolute Gasteiger partial charge is 0.238 e. The van der Waals surface area contributed by atoms with Crippen LogP contribution in [0.25, 0.3) is 0 Å². The van der Waals surface area contributed by atoms with Crippen LogP contribution in [0.15, 0.2) is 41.0 Å². The molecule has 1 aliphatic heterocycles. The lowest BCUT2D eigenvalue weighted by molar-refractivity contribution is -0.118. The van der Waals surface area contributed by atoms with E-state index in [0.717, 1.165) is 12.1 Å². The van der Waals surface area contributed by atoms with Crippen molar-refractivity contribution in [3.8, 4) is 0 Å². The quantitative estimate of drug-likeness (QED) is 0.826. The van der Waals surface area contributed by atoms with E-state index < -0.39 is 27.4 Å².